The van der Waals surface area contributed by atoms with Gasteiger partial charge in [-0.15, -0.1) is 0 Å². The molecule has 3 heteroatoms. The summed E-state index contributed by atoms with van der Waals surface area (Å²) in [7, 11) is 2.43. The second-order valence-corrected chi connectivity index (χ2v) is 6.16. The summed E-state index contributed by atoms with van der Waals surface area (Å²) in [5.74, 6) is 1.78. The topological polar surface area (TPSA) is 0 Å². The first-order valence-electron chi connectivity index (χ1n) is 6.31. The summed E-state index contributed by atoms with van der Waals surface area (Å²) in [5, 5.41) is 1.11. The van der Waals surface area contributed by atoms with Crippen molar-refractivity contribution in [3.63, 3.8) is 0 Å². The highest BCUT2D eigenvalue weighted by atomic mass is 127. The summed E-state index contributed by atoms with van der Waals surface area (Å²) < 4.78 is 1.29. The third-order valence-electron chi connectivity index (χ3n) is 4.17. The molecule has 0 N–H and O–H groups in total. The fraction of sp³-hybridized carbons (Fsp3) is 0.846. The Morgan fingerprint density at radius 2 is 2.06 bits per heavy atom. The van der Waals surface area contributed by atoms with E-state index >= 15 is 0 Å². The molecule has 1 saturated heterocycles. The Balaban J connectivity index is 0.00000128. The van der Waals surface area contributed by atoms with Gasteiger partial charge in [0.2, 0.25) is 0 Å². The number of quaternary nitrogens is 1. The highest BCUT2D eigenvalue weighted by Gasteiger charge is 2.42. The number of hydrogen-bond acceptors (Lipinski definition) is 0. The molecule has 3 unspecified atom stereocenters. The van der Waals surface area contributed by atoms with E-state index in [2.05, 4.69) is 20.0 Å². The molecule has 94 valence electrons. The highest BCUT2D eigenvalue weighted by Crippen LogP contribution is 2.39. The van der Waals surface area contributed by atoms with E-state index in [1.807, 2.05) is 0 Å². The summed E-state index contributed by atoms with van der Waals surface area (Å²) in [6.07, 6.45) is 7.31. The lowest BCUT2D eigenvalue weighted by Crippen LogP contribution is -3.00. The molecular weight excluding hydrogens is 333 g/mol. The quantitative estimate of drug-likeness (QED) is 0.508. The van der Waals surface area contributed by atoms with E-state index in [1.54, 1.807) is 0 Å². The molecule has 0 radical (unpaired) electrons. The molecule has 0 aromatic rings. The molecule has 0 amide bonds. The Bertz CT molecular complexity index is 267. The van der Waals surface area contributed by atoms with Gasteiger partial charge in [0.15, 0.2) is 0 Å². The molecule has 1 heterocycles. The number of allylic oxidation sites excluding steroid dienone is 2. The molecule has 0 bridgehead atoms. The number of fused-ring (bicyclic) bond motifs is 1. The molecule has 0 spiro atoms. The van der Waals surface area contributed by atoms with Gasteiger partial charge in [0.1, 0.15) is 0 Å². The smallest absolute Gasteiger partial charge is 0.0821 e. The van der Waals surface area contributed by atoms with Crippen LogP contribution in [0.4, 0.5) is 0 Å². The van der Waals surface area contributed by atoms with Crippen LogP contribution >= 0.6 is 11.6 Å². The van der Waals surface area contributed by atoms with Gasteiger partial charge in [0.05, 0.1) is 26.7 Å². The first kappa shape index (κ1) is 14.8. The highest BCUT2D eigenvalue weighted by molar-refractivity contribution is 6.29. The fourth-order valence-electron chi connectivity index (χ4n) is 3.34. The van der Waals surface area contributed by atoms with E-state index in [-0.39, 0.29) is 24.0 Å². The first-order chi connectivity index (χ1) is 7.13. The standard InChI is InChI=1S/C13H23ClN.HI/c1-3-4-7-15(2)9-11-5-6-13(14)8-12(11)10-15;/h6,11-12H,3-5,7-10H2,1-2H3;1H/q+1;/p-1. The van der Waals surface area contributed by atoms with Crippen molar-refractivity contribution in [2.45, 2.75) is 32.6 Å². The zero-order valence-corrected chi connectivity index (χ0v) is 13.3. The Morgan fingerprint density at radius 3 is 2.75 bits per heavy atom. The lowest BCUT2D eigenvalue weighted by molar-refractivity contribution is -0.900. The third kappa shape index (κ3) is 3.36. The van der Waals surface area contributed by atoms with Crippen LogP contribution in [0.1, 0.15) is 32.6 Å². The molecule has 2 aliphatic rings. The van der Waals surface area contributed by atoms with Gasteiger partial charge < -0.3 is 28.5 Å². The largest absolute Gasteiger partial charge is 1.00 e. The fourth-order valence-corrected chi connectivity index (χ4v) is 3.63. The first-order valence-corrected chi connectivity index (χ1v) is 6.69. The predicted octanol–water partition coefficient (Wildman–Crippen LogP) is 0.400. The molecule has 0 aromatic heterocycles. The predicted molar refractivity (Wildman–Crippen MR) is 65.8 cm³/mol. The van der Waals surface area contributed by atoms with Crippen LogP contribution in [0.2, 0.25) is 0 Å². The van der Waals surface area contributed by atoms with Crippen LogP contribution in [0.5, 0.6) is 0 Å². The van der Waals surface area contributed by atoms with Crippen LogP contribution in [-0.2, 0) is 0 Å². The Hall–Kier alpha value is 0.720. The Kier molecular flexibility index (Phi) is 5.59. The van der Waals surface area contributed by atoms with Crippen molar-refractivity contribution in [2.24, 2.45) is 11.8 Å². The lowest BCUT2D eigenvalue weighted by atomic mass is 9.86. The third-order valence-corrected chi connectivity index (χ3v) is 4.48. The average Bonchev–Trinajstić information content (AvgIpc) is 2.51. The van der Waals surface area contributed by atoms with Gasteiger partial charge in [-0.2, -0.15) is 0 Å². The van der Waals surface area contributed by atoms with E-state index in [0.29, 0.717) is 0 Å². The molecular formula is C13H23ClIN. The van der Waals surface area contributed by atoms with Crippen molar-refractivity contribution in [1.82, 2.24) is 0 Å². The summed E-state index contributed by atoms with van der Waals surface area (Å²) in [5.41, 5.74) is 0. The maximum Gasteiger partial charge on any atom is 0.0821 e. The van der Waals surface area contributed by atoms with Gasteiger partial charge in [0.25, 0.3) is 0 Å². The number of nitrogens with zero attached hydrogens (tertiary/aromatic N) is 1. The van der Waals surface area contributed by atoms with Crippen LogP contribution in [-0.4, -0.2) is 31.2 Å². The zero-order valence-electron chi connectivity index (χ0n) is 10.4. The SMILES string of the molecule is CCCC[N+]1(C)CC2CC=C(Cl)CC2C1.[I-]. The van der Waals surface area contributed by atoms with Crippen molar-refractivity contribution in [2.75, 3.05) is 26.7 Å². The van der Waals surface area contributed by atoms with Crippen LogP contribution in [0.3, 0.4) is 0 Å². The molecule has 16 heavy (non-hydrogen) atoms. The molecule has 1 nitrogen and oxygen atoms in total. The maximum atomic E-state index is 6.13. The molecule has 2 rings (SSSR count). The monoisotopic (exact) mass is 355 g/mol. The molecule has 3 atom stereocenters. The summed E-state index contributed by atoms with van der Waals surface area (Å²) in [4.78, 5) is 0. The van der Waals surface area contributed by atoms with Gasteiger partial charge in [0, 0.05) is 16.9 Å². The molecule has 0 aromatic carbocycles. The second-order valence-electron chi connectivity index (χ2n) is 5.67. The van der Waals surface area contributed by atoms with Crippen LogP contribution < -0.4 is 24.0 Å². The van der Waals surface area contributed by atoms with E-state index in [9.17, 15) is 0 Å². The normalized spacial score (nSPS) is 37.6. The summed E-state index contributed by atoms with van der Waals surface area (Å²) in [6, 6.07) is 0. The van der Waals surface area contributed by atoms with E-state index in [4.69, 9.17) is 11.6 Å². The molecule has 1 fully saturated rings. The van der Waals surface area contributed by atoms with Crippen molar-refractivity contribution >= 4 is 11.6 Å². The minimum atomic E-state index is 0. The molecule has 1 aliphatic heterocycles. The van der Waals surface area contributed by atoms with E-state index in [1.165, 1.54) is 43.4 Å². The van der Waals surface area contributed by atoms with Crippen molar-refractivity contribution in [3.05, 3.63) is 11.1 Å². The number of unbranched alkanes of at least 4 members (excludes halogenated alkanes) is 1. The van der Waals surface area contributed by atoms with Gasteiger partial charge in [-0.1, -0.05) is 31.0 Å². The number of halogens is 2. The minimum Gasteiger partial charge on any atom is -1.00 e. The number of hydrogen-bond donors (Lipinski definition) is 0. The minimum absolute atomic E-state index is 0. The summed E-state index contributed by atoms with van der Waals surface area (Å²) in [6.45, 7) is 6.38. The Labute approximate surface area is 122 Å². The van der Waals surface area contributed by atoms with Crippen molar-refractivity contribution < 1.29 is 28.5 Å². The van der Waals surface area contributed by atoms with Crippen LogP contribution in [0, 0.1) is 11.8 Å². The second kappa shape index (κ2) is 6.05. The lowest BCUT2D eigenvalue weighted by Gasteiger charge is -2.29. The molecule has 0 saturated carbocycles. The van der Waals surface area contributed by atoms with Gasteiger partial charge in [-0.3, -0.25) is 0 Å². The van der Waals surface area contributed by atoms with Crippen LogP contribution in [0.25, 0.3) is 0 Å². The molecule has 1 aliphatic carbocycles. The van der Waals surface area contributed by atoms with Gasteiger partial charge in [-0.05, 0) is 19.3 Å². The van der Waals surface area contributed by atoms with E-state index in [0.717, 1.165) is 23.3 Å². The van der Waals surface area contributed by atoms with Crippen molar-refractivity contribution in [3.8, 4) is 0 Å². The van der Waals surface area contributed by atoms with Crippen molar-refractivity contribution in [1.29, 1.82) is 0 Å². The van der Waals surface area contributed by atoms with Crippen LogP contribution in [0.15, 0.2) is 11.1 Å². The maximum absolute atomic E-state index is 6.13. The number of likely N-dealkylation sites (tertiary alicyclic amines) is 1. The summed E-state index contributed by atoms with van der Waals surface area (Å²) >= 11 is 6.13. The average molecular weight is 356 g/mol. The van der Waals surface area contributed by atoms with Gasteiger partial charge in [-0.25, -0.2) is 0 Å². The zero-order chi connectivity index (χ0) is 10.9. The van der Waals surface area contributed by atoms with E-state index < -0.39 is 0 Å². The Morgan fingerprint density at radius 1 is 1.38 bits per heavy atom. The number of rotatable bonds is 3. The van der Waals surface area contributed by atoms with Gasteiger partial charge >= 0.3 is 0 Å².